The molecule has 0 heterocycles. The molecule has 0 aromatic heterocycles. The van der Waals surface area contributed by atoms with Gasteiger partial charge in [0.15, 0.2) is 0 Å². The van der Waals surface area contributed by atoms with Gasteiger partial charge in [-0.1, -0.05) is 67.2 Å². The Morgan fingerprint density at radius 1 is 1.00 bits per heavy atom. The van der Waals surface area contributed by atoms with Gasteiger partial charge in [0.2, 0.25) is 0 Å². The van der Waals surface area contributed by atoms with E-state index in [4.69, 9.17) is 4.74 Å². The van der Waals surface area contributed by atoms with Crippen LogP contribution in [0.5, 0.6) is 0 Å². The second-order valence-corrected chi connectivity index (χ2v) is 4.82. The maximum absolute atomic E-state index is 12.4. The van der Waals surface area contributed by atoms with Crippen molar-refractivity contribution >= 4 is 5.97 Å². The smallest absolute Gasteiger partial charge is 0.318 e. The number of carbonyl (C=O) groups excluding carboxylic acids is 1. The Hall–Kier alpha value is -2.35. The molecule has 0 aliphatic heterocycles. The first-order chi connectivity index (χ1) is 9.68. The maximum atomic E-state index is 12.4. The lowest BCUT2D eigenvalue weighted by molar-refractivity contribution is -0.143. The summed E-state index contributed by atoms with van der Waals surface area (Å²) in [5.74, 6) is -0.637. The number of rotatable bonds is 5. The van der Waals surface area contributed by atoms with E-state index in [-0.39, 0.29) is 12.6 Å². The molecule has 0 amide bonds. The lowest BCUT2D eigenvalue weighted by atomic mass is 9.91. The molecule has 0 spiro atoms. The molecular formula is C18H18O2. The fraction of sp³-hybridized carbons (Fsp3) is 0.167. The van der Waals surface area contributed by atoms with E-state index in [0.717, 1.165) is 16.7 Å². The van der Waals surface area contributed by atoms with E-state index in [1.807, 2.05) is 67.6 Å². The van der Waals surface area contributed by atoms with Crippen LogP contribution in [0.4, 0.5) is 0 Å². The summed E-state index contributed by atoms with van der Waals surface area (Å²) >= 11 is 0. The van der Waals surface area contributed by atoms with Crippen LogP contribution in [0, 0.1) is 0 Å². The van der Waals surface area contributed by atoms with Crippen LogP contribution in [0.1, 0.15) is 24.0 Å². The Morgan fingerprint density at radius 2 is 1.45 bits per heavy atom. The van der Waals surface area contributed by atoms with Gasteiger partial charge in [0.05, 0.1) is 0 Å². The number of ether oxygens (including phenoxy) is 1. The minimum atomic E-state index is -0.392. The average Bonchev–Trinajstić information content (AvgIpc) is 2.48. The van der Waals surface area contributed by atoms with Gasteiger partial charge in [0, 0.05) is 0 Å². The Morgan fingerprint density at radius 3 is 1.85 bits per heavy atom. The lowest BCUT2D eigenvalue weighted by Crippen LogP contribution is -2.18. The summed E-state index contributed by atoms with van der Waals surface area (Å²) in [6.07, 6.45) is 0. The minimum Gasteiger partial charge on any atom is -0.460 e. The summed E-state index contributed by atoms with van der Waals surface area (Å²) in [6.45, 7) is 5.85. The van der Waals surface area contributed by atoms with Crippen molar-refractivity contribution in [2.75, 3.05) is 6.61 Å². The van der Waals surface area contributed by atoms with E-state index >= 15 is 0 Å². The summed E-state index contributed by atoms with van der Waals surface area (Å²) in [7, 11) is 0. The summed E-state index contributed by atoms with van der Waals surface area (Å²) in [5, 5.41) is 0. The van der Waals surface area contributed by atoms with Crippen LogP contribution in [0.3, 0.4) is 0 Å². The molecule has 0 aliphatic rings. The third kappa shape index (κ3) is 3.58. The standard InChI is InChI=1S/C18H18O2/c1-14(2)13-20-18(19)17(15-9-5-3-6-10-15)16-11-7-4-8-12-16/h3-12,17H,1,13H2,2H3. The number of esters is 1. The highest BCUT2D eigenvalue weighted by molar-refractivity contribution is 5.82. The highest BCUT2D eigenvalue weighted by Crippen LogP contribution is 2.26. The highest BCUT2D eigenvalue weighted by atomic mass is 16.5. The molecule has 0 bridgehead atoms. The number of carbonyl (C=O) groups is 1. The molecule has 0 saturated carbocycles. The van der Waals surface area contributed by atoms with E-state index in [9.17, 15) is 4.79 Å². The number of hydrogen-bond acceptors (Lipinski definition) is 2. The van der Waals surface area contributed by atoms with Crippen molar-refractivity contribution in [3.63, 3.8) is 0 Å². The lowest BCUT2D eigenvalue weighted by Gasteiger charge is -2.17. The van der Waals surface area contributed by atoms with Gasteiger partial charge in [0.1, 0.15) is 12.5 Å². The van der Waals surface area contributed by atoms with Gasteiger partial charge in [0.25, 0.3) is 0 Å². The molecule has 2 rings (SSSR count). The fourth-order valence-corrected chi connectivity index (χ4v) is 2.03. The second-order valence-electron chi connectivity index (χ2n) is 4.82. The molecule has 2 heteroatoms. The average molecular weight is 266 g/mol. The van der Waals surface area contributed by atoms with Gasteiger partial charge >= 0.3 is 5.97 Å². The molecule has 2 aromatic rings. The summed E-state index contributed by atoms with van der Waals surface area (Å²) in [4.78, 5) is 12.4. The van der Waals surface area contributed by atoms with E-state index in [1.165, 1.54) is 0 Å². The van der Waals surface area contributed by atoms with Crippen molar-refractivity contribution in [1.29, 1.82) is 0 Å². The molecule has 0 fully saturated rings. The van der Waals surface area contributed by atoms with Gasteiger partial charge in [-0.3, -0.25) is 4.79 Å². The Kier molecular flexibility index (Phi) is 4.72. The number of benzene rings is 2. The molecule has 0 unspecified atom stereocenters. The maximum Gasteiger partial charge on any atom is 0.318 e. The zero-order valence-electron chi connectivity index (χ0n) is 11.6. The van der Waals surface area contributed by atoms with Crippen LogP contribution in [0.25, 0.3) is 0 Å². The zero-order chi connectivity index (χ0) is 14.4. The molecule has 2 nitrogen and oxygen atoms in total. The first-order valence-electron chi connectivity index (χ1n) is 6.59. The normalized spacial score (nSPS) is 10.3. The molecule has 102 valence electrons. The summed E-state index contributed by atoms with van der Waals surface area (Å²) < 4.78 is 5.34. The van der Waals surface area contributed by atoms with E-state index in [2.05, 4.69) is 6.58 Å². The van der Waals surface area contributed by atoms with E-state index in [1.54, 1.807) is 0 Å². The predicted molar refractivity (Wildman–Crippen MR) is 80.5 cm³/mol. The second kappa shape index (κ2) is 6.71. The van der Waals surface area contributed by atoms with Crippen LogP contribution in [0.2, 0.25) is 0 Å². The first-order valence-corrected chi connectivity index (χ1v) is 6.59. The fourth-order valence-electron chi connectivity index (χ4n) is 2.03. The van der Waals surface area contributed by atoms with Gasteiger partial charge in [-0.15, -0.1) is 0 Å². The van der Waals surface area contributed by atoms with Crippen molar-refractivity contribution in [3.8, 4) is 0 Å². The quantitative estimate of drug-likeness (QED) is 0.605. The van der Waals surface area contributed by atoms with Crippen LogP contribution < -0.4 is 0 Å². The highest BCUT2D eigenvalue weighted by Gasteiger charge is 2.23. The monoisotopic (exact) mass is 266 g/mol. The minimum absolute atomic E-state index is 0.245. The molecule has 20 heavy (non-hydrogen) atoms. The third-order valence-corrected chi connectivity index (χ3v) is 2.96. The van der Waals surface area contributed by atoms with Gasteiger partial charge in [-0.2, -0.15) is 0 Å². The number of hydrogen-bond donors (Lipinski definition) is 0. The van der Waals surface area contributed by atoms with Crippen molar-refractivity contribution in [2.24, 2.45) is 0 Å². The molecule has 0 atom stereocenters. The van der Waals surface area contributed by atoms with Crippen LogP contribution >= 0.6 is 0 Å². The van der Waals surface area contributed by atoms with Crippen molar-refractivity contribution in [2.45, 2.75) is 12.8 Å². The summed E-state index contributed by atoms with van der Waals surface area (Å²) in [6, 6.07) is 19.4. The summed E-state index contributed by atoms with van der Waals surface area (Å²) in [5.41, 5.74) is 2.70. The van der Waals surface area contributed by atoms with E-state index < -0.39 is 5.92 Å². The van der Waals surface area contributed by atoms with Crippen molar-refractivity contribution in [1.82, 2.24) is 0 Å². The van der Waals surface area contributed by atoms with Gasteiger partial charge < -0.3 is 4.74 Å². The van der Waals surface area contributed by atoms with Gasteiger partial charge in [-0.05, 0) is 23.6 Å². The van der Waals surface area contributed by atoms with Crippen molar-refractivity contribution < 1.29 is 9.53 Å². The molecule has 2 aromatic carbocycles. The van der Waals surface area contributed by atoms with Crippen LogP contribution in [0.15, 0.2) is 72.8 Å². The SMILES string of the molecule is C=C(C)COC(=O)C(c1ccccc1)c1ccccc1. The molecule has 0 radical (unpaired) electrons. The Balaban J connectivity index is 2.30. The first kappa shape index (κ1) is 14.1. The Labute approximate surface area is 119 Å². The van der Waals surface area contributed by atoms with Gasteiger partial charge in [-0.25, -0.2) is 0 Å². The topological polar surface area (TPSA) is 26.3 Å². The molecule has 0 aliphatic carbocycles. The van der Waals surface area contributed by atoms with Crippen molar-refractivity contribution in [3.05, 3.63) is 83.9 Å². The zero-order valence-corrected chi connectivity index (χ0v) is 11.6. The van der Waals surface area contributed by atoms with E-state index in [0.29, 0.717) is 0 Å². The van der Waals surface area contributed by atoms with Crippen LogP contribution in [-0.2, 0) is 9.53 Å². The van der Waals surface area contributed by atoms with Crippen LogP contribution in [-0.4, -0.2) is 12.6 Å². The largest absolute Gasteiger partial charge is 0.460 e. The third-order valence-electron chi connectivity index (χ3n) is 2.96. The Bertz CT molecular complexity index is 533. The molecule has 0 N–H and O–H groups in total. The predicted octanol–water partition coefficient (Wildman–Crippen LogP) is 3.94. The molecular weight excluding hydrogens is 248 g/mol. The molecule has 0 saturated heterocycles.